The van der Waals surface area contributed by atoms with Gasteiger partial charge in [0.2, 0.25) is 0 Å². The summed E-state index contributed by atoms with van der Waals surface area (Å²) in [5.74, 6) is 0.740. The molecular formula is C13H16ClNO2S. The van der Waals surface area contributed by atoms with Crippen molar-refractivity contribution in [2.24, 2.45) is 0 Å². The van der Waals surface area contributed by atoms with Crippen molar-refractivity contribution in [3.8, 4) is 0 Å². The number of halogens is 1. The Bertz CT molecular complexity index is 454. The molecule has 1 aromatic rings. The minimum atomic E-state index is -0.649. The van der Waals surface area contributed by atoms with Crippen molar-refractivity contribution in [3.63, 3.8) is 0 Å². The summed E-state index contributed by atoms with van der Waals surface area (Å²) in [6.07, 6.45) is 0.762. The van der Waals surface area contributed by atoms with E-state index in [-0.39, 0.29) is 11.2 Å². The molecule has 2 unspecified atom stereocenters. The highest BCUT2D eigenvalue weighted by molar-refractivity contribution is 8.00. The number of thioether (sulfide) groups is 1. The molecule has 2 atom stereocenters. The summed E-state index contributed by atoms with van der Waals surface area (Å²) in [4.78, 5) is 12.1. The second kappa shape index (κ2) is 5.41. The Kier molecular flexibility index (Phi) is 4.07. The quantitative estimate of drug-likeness (QED) is 0.866. The average Bonchev–Trinajstić information content (AvgIpc) is 2.71. The highest BCUT2D eigenvalue weighted by Gasteiger charge is 2.48. The van der Waals surface area contributed by atoms with Crippen LogP contribution < -0.4 is 5.32 Å². The summed E-state index contributed by atoms with van der Waals surface area (Å²) >= 11 is 7.74. The molecule has 1 aliphatic rings. The molecule has 1 aliphatic heterocycles. The zero-order chi connectivity index (χ0) is 13.2. The lowest BCUT2D eigenvalue weighted by atomic mass is 9.92. The molecule has 0 saturated carbocycles. The predicted molar refractivity (Wildman–Crippen MR) is 76.4 cm³/mol. The number of carbonyl (C=O) groups is 1. The van der Waals surface area contributed by atoms with Gasteiger partial charge in [-0.15, -0.1) is 0 Å². The maximum atomic E-state index is 12.1. The Morgan fingerprint density at radius 2 is 2.39 bits per heavy atom. The Labute approximate surface area is 116 Å². The Hall–Kier alpha value is -0.870. The van der Waals surface area contributed by atoms with Crippen LogP contribution in [0.25, 0.3) is 0 Å². The summed E-state index contributed by atoms with van der Waals surface area (Å²) < 4.78 is 4.96. The van der Waals surface area contributed by atoms with Crippen LogP contribution in [0.2, 0.25) is 5.02 Å². The van der Waals surface area contributed by atoms with E-state index in [4.69, 9.17) is 16.3 Å². The predicted octanol–water partition coefficient (Wildman–Crippen LogP) is 3.19. The summed E-state index contributed by atoms with van der Waals surface area (Å²) in [6.45, 7) is 2.05. The van der Waals surface area contributed by atoms with Gasteiger partial charge in [0, 0.05) is 16.0 Å². The number of carbonyl (C=O) groups excluding carboxylic acids is 1. The van der Waals surface area contributed by atoms with Crippen molar-refractivity contribution >= 4 is 35.0 Å². The molecule has 3 nitrogen and oxygen atoms in total. The fourth-order valence-corrected chi connectivity index (χ4v) is 3.77. The third kappa shape index (κ3) is 2.45. The van der Waals surface area contributed by atoms with Crippen molar-refractivity contribution in [1.82, 2.24) is 0 Å². The van der Waals surface area contributed by atoms with Gasteiger partial charge >= 0.3 is 5.97 Å². The van der Waals surface area contributed by atoms with Crippen molar-refractivity contribution in [2.45, 2.75) is 24.1 Å². The van der Waals surface area contributed by atoms with Gasteiger partial charge in [-0.05, 0) is 30.4 Å². The molecule has 18 heavy (non-hydrogen) atoms. The standard InChI is InChI=1S/C13H16ClNO2S/c1-9-13(6-7-18-9,12(16)17-2)15-11-5-3-4-10(14)8-11/h3-5,8-9,15H,6-7H2,1-2H3. The highest BCUT2D eigenvalue weighted by Crippen LogP contribution is 2.39. The molecule has 0 amide bonds. The van der Waals surface area contributed by atoms with Crippen molar-refractivity contribution in [1.29, 1.82) is 0 Å². The fourth-order valence-electron chi connectivity index (χ4n) is 2.23. The van der Waals surface area contributed by atoms with Gasteiger partial charge in [-0.2, -0.15) is 11.8 Å². The largest absolute Gasteiger partial charge is 0.467 e. The van der Waals surface area contributed by atoms with Gasteiger partial charge in [0.15, 0.2) is 0 Å². The van der Waals surface area contributed by atoms with Crippen molar-refractivity contribution < 1.29 is 9.53 Å². The normalized spacial score (nSPS) is 26.9. The number of benzene rings is 1. The van der Waals surface area contributed by atoms with Crippen LogP contribution in [-0.2, 0) is 9.53 Å². The minimum absolute atomic E-state index is 0.170. The van der Waals surface area contributed by atoms with Gasteiger partial charge < -0.3 is 10.1 Å². The first-order valence-corrected chi connectivity index (χ1v) is 7.25. The number of anilines is 1. The molecule has 1 aromatic carbocycles. The van der Waals surface area contributed by atoms with Gasteiger partial charge in [-0.3, -0.25) is 0 Å². The zero-order valence-electron chi connectivity index (χ0n) is 10.4. The maximum absolute atomic E-state index is 12.1. The molecule has 98 valence electrons. The van der Waals surface area contributed by atoms with Crippen LogP contribution in [0.1, 0.15) is 13.3 Å². The van der Waals surface area contributed by atoms with Gasteiger partial charge in [0.25, 0.3) is 0 Å². The molecule has 5 heteroatoms. The van der Waals surface area contributed by atoms with E-state index >= 15 is 0 Å². The molecule has 0 aliphatic carbocycles. The van der Waals surface area contributed by atoms with Crippen LogP contribution in [0.4, 0.5) is 5.69 Å². The molecular weight excluding hydrogens is 270 g/mol. The summed E-state index contributed by atoms with van der Waals surface area (Å²) in [6, 6.07) is 7.40. The van der Waals surface area contributed by atoms with Crippen LogP contribution in [0.3, 0.4) is 0 Å². The van der Waals surface area contributed by atoms with Crippen LogP contribution in [-0.4, -0.2) is 29.6 Å². The SMILES string of the molecule is COC(=O)C1(Nc2cccc(Cl)c2)CCSC1C. The summed E-state index contributed by atoms with van der Waals surface area (Å²) in [7, 11) is 1.43. The van der Waals surface area contributed by atoms with Crippen LogP contribution in [0.5, 0.6) is 0 Å². The number of esters is 1. The molecule has 1 heterocycles. The zero-order valence-corrected chi connectivity index (χ0v) is 12.0. The number of hydrogen-bond donors (Lipinski definition) is 1. The van der Waals surface area contributed by atoms with Gasteiger partial charge in [-0.25, -0.2) is 4.79 Å². The van der Waals surface area contributed by atoms with Gasteiger partial charge in [0.05, 0.1) is 7.11 Å². The van der Waals surface area contributed by atoms with Crippen LogP contribution >= 0.6 is 23.4 Å². The Morgan fingerprint density at radius 3 is 2.94 bits per heavy atom. The first kappa shape index (κ1) is 13.6. The number of ether oxygens (including phenoxy) is 1. The maximum Gasteiger partial charge on any atom is 0.332 e. The smallest absolute Gasteiger partial charge is 0.332 e. The lowest BCUT2D eigenvalue weighted by molar-refractivity contribution is -0.145. The molecule has 0 aromatic heterocycles. The minimum Gasteiger partial charge on any atom is -0.467 e. The first-order chi connectivity index (χ1) is 8.58. The van der Waals surface area contributed by atoms with E-state index in [1.54, 1.807) is 11.8 Å². The van der Waals surface area contributed by atoms with E-state index in [0.717, 1.165) is 17.9 Å². The Balaban J connectivity index is 2.29. The topological polar surface area (TPSA) is 38.3 Å². The molecule has 2 rings (SSSR count). The Morgan fingerprint density at radius 1 is 1.61 bits per heavy atom. The fraction of sp³-hybridized carbons (Fsp3) is 0.462. The number of rotatable bonds is 3. The van der Waals surface area contributed by atoms with E-state index in [2.05, 4.69) is 5.32 Å². The van der Waals surface area contributed by atoms with Crippen LogP contribution in [0.15, 0.2) is 24.3 Å². The van der Waals surface area contributed by atoms with E-state index < -0.39 is 5.54 Å². The second-order valence-electron chi connectivity index (χ2n) is 4.36. The average molecular weight is 286 g/mol. The summed E-state index contributed by atoms with van der Waals surface area (Å²) in [5, 5.41) is 4.14. The van der Waals surface area contributed by atoms with E-state index in [1.807, 2.05) is 31.2 Å². The summed E-state index contributed by atoms with van der Waals surface area (Å²) in [5.41, 5.74) is 0.201. The molecule has 1 fully saturated rings. The van der Waals surface area contributed by atoms with E-state index in [9.17, 15) is 4.79 Å². The van der Waals surface area contributed by atoms with E-state index in [1.165, 1.54) is 7.11 Å². The van der Waals surface area contributed by atoms with Gasteiger partial charge in [0.1, 0.15) is 5.54 Å². The highest BCUT2D eigenvalue weighted by atomic mass is 35.5. The first-order valence-electron chi connectivity index (χ1n) is 5.82. The third-order valence-electron chi connectivity index (χ3n) is 3.30. The molecule has 0 bridgehead atoms. The van der Waals surface area contributed by atoms with Crippen LogP contribution in [0, 0.1) is 0 Å². The molecule has 1 saturated heterocycles. The lowest BCUT2D eigenvalue weighted by Gasteiger charge is -2.32. The number of nitrogens with one attached hydrogen (secondary N) is 1. The molecule has 0 radical (unpaired) electrons. The third-order valence-corrected chi connectivity index (χ3v) is 4.88. The van der Waals surface area contributed by atoms with Crippen molar-refractivity contribution in [3.05, 3.63) is 29.3 Å². The number of hydrogen-bond acceptors (Lipinski definition) is 4. The molecule has 0 spiro atoms. The van der Waals surface area contributed by atoms with E-state index in [0.29, 0.717) is 5.02 Å². The lowest BCUT2D eigenvalue weighted by Crippen LogP contribution is -2.51. The number of methoxy groups -OCH3 is 1. The molecule has 1 N–H and O–H groups in total. The second-order valence-corrected chi connectivity index (χ2v) is 6.25. The van der Waals surface area contributed by atoms with Crippen molar-refractivity contribution in [2.75, 3.05) is 18.2 Å². The van der Waals surface area contributed by atoms with Gasteiger partial charge in [-0.1, -0.05) is 24.6 Å². The monoisotopic (exact) mass is 285 g/mol.